The first kappa shape index (κ1) is 14.0. The molecule has 0 radical (unpaired) electrons. The first-order valence-electron chi connectivity index (χ1n) is 6.19. The minimum Gasteiger partial charge on any atom is -0.481 e. The van der Waals surface area contributed by atoms with Crippen LogP contribution in [-0.2, 0) is 9.59 Å². The summed E-state index contributed by atoms with van der Waals surface area (Å²) in [5, 5.41) is 8.90. The van der Waals surface area contributed by atoms with Gasteiger partial charge in [0.1, 0.15) is 0 Å². The summed E-state index contributed by atoms with van der Waals surface area (Å²) in [6.45, 7) is 5.51. The Kier molecular flexibility index (Phi) is 4.93. The molecule has 2 unspecified atom stereocenters. The zero-order chi connectivity index (χ0) is 13.0. The van der Waals surface area contributed by atoms with E-state index in [0.717, 1.165) is 25.9 Å². The fraction of sp³-hybridized carbons (Fsp3) is 0.833. The highest BCUT2D eigenvalue weighted by molar-refractivity contribution is 5.86. The van der Waals surface area contributed by atoms with E-state index in [0.29, 0.717) is 0 Å². The zero-order valence-electron chi connectivity index (χ0n) is 10.8. The van der Waals surface area contributed by atoms with Crippen molar-refractivity contribution in [3.05, 3.63) is 0 Å². The number of carbonyl (C=O) groups excluding carboxylic acids is 1. The zero-order valence-corrected chi connectivity index (χ0v) is 10.8. The van der Waals surface area contributed by atoms with Gasteiger partial charge < -0.3 is 10.0 Å². The molecule has 1 saturated heterocycles. The Bertz CT molecular complexity index is 293. The topological polar surface area (TPSA) is 60.9 Å². The fourth-order valence-corrected chi connectivity index (χ4v) is 2.24. The van der Waals surface area contributed by atoms with Gasteiger partial charge in [0.05, 0.1) is 12.5 Å². The summed E-state index contributed by atoms with van der Waals surface area (Å²) in [6, 6.07) is -0.276. The lowest BCUT2D eigenvalue weighted by Crippen LogP contribution is -2.47. The normalized spacial score (nSPS) is 27.0. The van der Waals surface area contributed by atoms with Crippen LogP contribution >= 0.6 is 0 Å². The van der Waals surface area contributed by atoms with Gasteiger partial charge in [-0.25, -0.2) is 0 Å². The van der Waals surface area contributed by atoms with Crippen molar-refractivity contribution >= 4 is 11.9 Å². The Morgan fingerprint density at radius 3 is 2.71 bits per heavy atom. The molecule has 1 N–H and O–H groups in total. The molecule has 98 valence electrons. The predicted octanol–water partition coefficient (Wildman–Crippen LogP) is 0.792. The molecule has 0 aromatic carbocycles. The Labute approximate surface area is 102 Å². The summed E-state index contributed by atoms with van der Waals surface area (Å²) < 4.78 is 0. The van der Waals surface area contributed by atoms with Gasteiger partial charge in [0.2, 0.25) is 5.91 Å². The van der Waals surface area contributed by atoms with Gasteiger partial charge in [-0.2, -0.15) is 0 Å². The van der Waals surface area contributed by atoms with Gasteiger partial charge in [-0.05, 0) is 26.8 Å². The molecule has 2 atom stereocenters. The van der Waals surface area contributed by atoms with E-state index >= 15 is 0 Å². The summed E-state index contributed by atoms with van der Waals surface area (Å²) in [5.41, 5.74) is 0. The molecule has 1 heterocycles. The van der Waals surface area contributed by atoms with Crippen LogP contribution in [0.3, 0.4) is 0 Å². The van der Waals surface area contributed by atoms with E-state index in [4.69, 9.17) is 5.11 Å². The number of rotatable bonds is 4. The minimum absolute atomic E-state index is 0.0406. The molecule has 0 bridgehead atoms. The second kappa shape index (κ2) is 6.00. The summed E-state index contributed by atoms with van der Waals surface area (Å²) in [5.74, 6) is -0.957. The molecule has 0 aromatic rings. The fourth-order valence-electron chi connectivity index (χ4n) is 2.24. The van der Waals surface area contributed by atoms with Gasteiger partial charge in [-0.15, -0.1) is 0 Å². The van der Waals surface area contributed by atoms with Gasteiger partial charge >= 0.3 is 5.97 Å². The van der Waals surface area contributed by atoms with Crippen LogP contribution in [0.4, 0.5) is 0 Å². The standard InChI is InChI=1S/C12H22N2O3/c1-4-6-14-7-5-9(2)13(3)10(12(14)17)8-11(15)16/h9-10H,4-8H2,1-3H3,(H,15,16). The van der Waals surface area contributed by atoms with E-state index in [1.807, 2.05) is 25.8 Å². The molecule has 1 fully saturated rings. The van der Waals surface area contributed by atoms with Crippen LogP contribution in [0.1, 0.15) is 33.1 Å². The molecule has 1 rings (SSSR count). The van der Waals surface area contributed by atoms with Crippen molar-refractivity contribution in [1.29, 1.82) is 0 Å². The van der Waals surface area contributed by atoms with Crippen LogP contribution in [0.25, 0.3) is 0 Å². The number of carboxylic acids is 1. The SMILES string of the molecule is CCCN1CCC(C)N(C)C(CC(=O)O)C1=O. The number of nitrogens with zero attached hydrogens (tertiary/aromatic N) is 2. The molecule has 0 aromatic heterocycles. The average Bonchev–Trinajstić information content (AvgIpc) is 2.36. The monoisotopic (exact) mass is 242 g/mol. The van der Waals surface area contributed by atoms with Gasteiger partial charge in [-0.1, -0.05) is 6.92 Å². The Morgan fingerprint density at radius 1 is 1.53 bits per heavy atom. The molecule has 1 amide bonds. The highest BCUT2D eigenvalue weighted by atomic mass is 16.4. The van der Waals surface area contributed by atoms with E-state index in [1.54, 1.807) is 4.90 Å². The molecule has 0 spiro atoms. The van der Waals surface area contributed by atoms with E-state index < -0.39 is 12.0 Å². The van der Waals surface area contributed by atoms with Gasteiger partial charge in [0.25, 0.3) is 0 Å². The maximum Gasteiger partial charge on any atom is 0.305 e. The van der Waals surface area contributed by atoms with Crippen molar-refractivity contribution in [2.45, 2.75) is 45.2 Å². The number of hydrogen-bond donors (Lipinski definition) is 1. The third-order valence-electron chi connectivity index (χ3n) is 3.46. The van der Waals surface area contributed by atoms with E-state index in [-0.39, 0.29) is 18.4 Å². The predicted molar refractivity (Wildman–Crippen MR) is 64.8 cm³/mol. The van der Waals surface area contributed by atoms with Crippen molar-refractivity contribution in [2.75, 3.05) is 20.1 Å². The molecule has 17 heavy (non-hydrogen) atoms. The molecule has 0 saturated carbocycles. The molecular weight excluding hydrogens is 220 g/mol. The van der Waals surface area contributed by atoms with Crippen molar-refractivity contribution < 1.29 is 14.7 Å². The molecular formula is C12H22N2O3. The highest BCUT2D eigenvalue weighted by Crippen LogP contribution is 2.18. The molecule has 0 aliphatic carbocycles. The number of likely N-dealkylation sites (N-methyl/N-ethyl adjacent to an activating group) is 1. The molecule has 5 nitrogen and oxygen atoms in total. The molecule has 1 aliphatic heterocycles. The summed E-state index contributed by atoms with van der Waals surface area (Å²) in [4.78, 5) is 26.8. The van der Waals surface area contributed by atoms with E-state index in [9.17, 15) is 9.59 Å². The number of carbonyl (C=O) groups is 2. The van der Waals surface area contributed by atoms with Crippen LogP contribution in [-0.4, -0.2) is 59.0 Å². The smallest absolute Gasteiger partial charge is 0.305 e. The second-order valence-corrected chi connectivity index (χ2v) is 4.74. The Balaban J connectivity index is 2.85. The Morgan fingerprint density at radius 2 is 2.18 bits per heavy atom. The second-order valence-electron chi connectivity index (χ2n) is 4.74. The summed E-state index contributed by atoms with van der Waals surface area (Å²) >= 11 is 0. The maximum absolute atomic E-state index is 12.2. The Hall–Kier alpha value is -1.10. The van der Waals surface area contributed by atoms with Gasteiger partial charge in [0, 0.05) is 19.1 Å². The van der Waals surface area contributed by atoms with Crippen LogP contribution in [0, 0.1) is 0 Å². The van der Waals surface area contributed by atoms with Crippen molar-refractivity contribution in [1.82, 2.24) is 9.80 Å². The molecule has 1 aliphatic rings. The third-order valence-corrected chi connectivity index (χ3v) is 3.46. The number of hydrogen-bond acceptors (Lipinski definition) is 3. The minimum atomic E-state index is -0.916. The summed E-state index contributed by atoms with van der Waals surface area (Å²) in [6.07, 6.45) is 1.70. The van der Waals surface area contributed by atoms with Crippen molar-refractivity contribution in [3.63, 3.8) is 0 Å². The lowest BCUT2D eigenvalue weighted by atomic mass is 10.1. The lowest BCUT2D eigenvalue weighted by molar-refractivity contribution is -0.144. The van der Waals surface area contributed by atoms with E-state index in [1.165, 1.54) is 0 Å². The quantitative estimate of drug-likeness (QED) is 0.792. The van der Waals surface area contributed by atoms with Crippen LogP contribution in [0.2, 0.25) is 0 Å². The first-order valence-corrected chi connectivity index (χ1v) is 6.19. The number of amides is 1. The molecule has 5 heteroatoms. The third kappa shape index (κ3) is 3.43. The van der Waals surface area contributed by atoms with Gasteiger partial charge in [-0.3, -0.25) is 14.5 Å². The average molecular weight is 242 g/mol. The van der Waals surface area contributed by atoms with E-state index in [2.05, 4.69) is 0 Å². The maximum atomic E-state index is 12.2. The van der Waals surface area contributed by atoms with Crippen molar-refractivity contribution in [2.24, 2.45) is 0 Å². The van der Waals surface area contributed by atoms with Crippen LogP contribution < -0.4 is 0 Å². The first-order chi connectivity index (χ1) is 7.97. The lowest BCUT2D eigenvalue weighted by Gasteiger charge is -2.29. The van der Waals surface area contributed by atoms with Crippen molar-refractivity contribution in [3.8, 4) is 0 Å². The summed E-state index contributed by atoms with van der Waals surface area (Å²) in [7, 11) is 1.84. The van der Waals surface area contributed by atoms with Crippen LogP contribution in [0.5, 0.6) is 0 Å². The number of aliphatic carboxylic acids is 1. The highest BCUT2D eigenvalue weighted by Gasteiger charge is 2.34. The number of carboxylic acid groups (broad SMARTS) is 1. The largest absolute Gasteiger partial charge is 0.481 e. The van der Waals surface area contributed by atoms with Gasteiger partial charge in [0.15, 0.2) is 0 Å². The van der Waals surface area contributed by atoms with Crippen LogP contribution in [0.15, 0.2) is 0 Å².